The second-order valence-corrected chi connectivity index (χ2v) is 14.4. The first-order valence-corrected chi connectivity index (χ1v) is 16.1. The zero-order chi connectivity index (χ0) is 20.1. The summed E-state index contributed by atoms with van der Waals surface area (Å²) in [5, 5.41) is 0. The van der Waals surface area contributed by atoms with Gasteiger partial charge in [0.15, 0.2) is 0 Å². The van der Waals surface area contributed by atoms with Gasteiger partial charge in [-0.15, -0.1) is 17.0 Å². The minimum absolute atomic E-state index is 0. The molecule has 0 spiro atoms. The molecule has 0 saturated carbocycles. The predicted molar refractivity (Wildman–Crippen MR) is 144 cm³/mol. The van der Waals surface area contributed by atoms with Crippen molar-refractivity contribution in [1.29, 1.82) is 0 Å². The van der Waals surface area contributed by atoms with Crippen LogP contribution < -0.4 is 0 Å². The van der Waals surface area contributed by atoms with E-state index in [4.69, 9.17) is 0 Å². The number of hydrogen-bond donors (Lipinski definition) is 0. The van der Waals surface area contributed by atoms with E-state index in [0.29, 0.717) is 0 Å². The van der Waals surface area contributed by atoms with Crippen LogP contribution in [0, 0.1) is 0 Å². The maximum atomic E-state index is 2.39. The van der Waals surface area contributed by atoms with Gasteiger partial charge in [-0.3, -0.25) is 0 Å². The van der Waals surface area contributed by atoms with Crippen LogP contribution >= 0.6 is 24.2 Å². The zero-order valence-corrected chi connectivity index (χ0v) is 23.2. The molecule has 0 aliphatic rings. The van der Waals surface area contributed by atoms with Gasteiger partial charge in [-0.25, -0.2) is 0 Å². The molecule has 0 fully saturated rings. The van der Waals surface area contributed by atoms with Gasteiger partial charge in [0.05, 0.1) is 0 Å². The number of unbranched alkanes of at least 4 members (excludes halogenated alkanes) is 14. The van der Waals surface area contributed by atoms with Crippen LogP contribution in [0.25, 0.3) is 0 Å². The summed E-state index contributed by atoms with van der Waals surface area (Å²) in [6, 6.07) is 0. The first-order chi connectivity index (χ1) is 13.2. The summed E-state index contributed by atoms with van der Waals surface area (Å²) >= 11 is 0. The van der Waals surface area contributed by atoms with Crippen LogP contribution in [0.3, 0.4) is 0 Å². The molecule has 0 aromatic carbocycles. The van der Waals surface area contributed by atoms with Crippen molar-refractivity contribution < 1.29 is 0 Å². The van der Waals surface area contributed by atoms with Crippen LogP contribution in [-0.4, -0.2) is 24.6 Å². The Hall–Kier alpha value is 0.910. The summed E-state index contributed by atoms with van der Waals surface area (Å²) < 4.78 is 0. The molecular formula is C26H58BrP. The van der Waals surface area contributed by atoms with E-state index in [1.54, 1.807) is 31.1 Å². The molecule has 0 unspecified atom stereocenters. The molecule has 0 atom stereocenters. The van der Waals surface area contributed by atoms with Gasteiger partial charge >= 0.3 is 162 Å². The van der Waals surface area contributed by atoms with Crippen molar-refractivity contribution in [3.63, 3.8) is 0 Å². The Morgan fingerprint density at radius 1 is 0.321 bits per heavy atom. The average Bonchev–Trinajstić information content (AvgIpc) is 2.69. The molecule has 2 heteroatoms. The molecule has 28 heavy (non-hydrogen) atoms. The van der Waals surface area contributed by atoms with Gasteiger partial charge in [-0.2, -0.15) is 0 Å². The van der Waals surface area contributed by atoms with Crippen molar-refractivity contribution in [3.05, 3.63) is 0 Å². The molecule has 0 aliphatic carbocycles. The first kappa shape index (κ1) is 31.1. The fourth-order valence-electron chi connectivity index (χ4n) is 4.75. The summed E-state index contributed by atoms with van der Waals surface area (Å²) in [6.07, 6.45) is 33.2. The molecule has 0 aromatic heterocycles. The molecule has 0 saturated heterocycles. The van der Waals surface area contributed by atoms with Gasteiger partial charge in [0.25, 0.3) is 0 Å². The van der Waals surface area contributed by atoms with Gasteiger partial charge < -0.3 is 0 Å². The van der Waals surface area contributed by atoms with E-state index in [0.717, 1.165) is 0 Å². The molecule has 174 valence electrons. The fourth-order valence-corrected chi connectivity index (χ4v) is 10.6. The molecule has 0 N–H and O–H groups in total. The van der Waals surface area contributed by atoms with Gasteiger partial charge in [-0.1, -0.05) is 13.3 Å². The van der Waals surface area contributed by atoms with Gasteiger partial charge in [-0.05, 0) is 0 Å². The van der Waals surface area contributed by atoms with Crippen LogP contribution in [0.1, 0.15) is 143 Å². The number of rotatable bonds is 22. The molecule has 0 radical (unpaired) electrons. The first-order valence-electron chi connectivity index (χ1n) is 13.2. The van der Waals surface area contributed by atoms with E-state index in [2.05, 4.69) is 27.7 Å². The molecule has 0 rings (SSSR count). The van der Waals surface area contributed by atoms with Crippen LogP contribution in [0.4, 0.5) is 0 Å². The van der Waals surface area contributed by atoms with Crippen LogP contribution in [0.5, 0.6) is 0 Å². The second kappa shape index (κ2) is 24.2. The zero-order valence-electron chi connectivity index (χ0n) is 20.5. The van der Waals surface area contributed by atoms with Crippen molar-refractivity contribution in [1.82, 2.24) is 0 Å². The minimum atomic E-state index is -0.956. The Morgan fingerprint density at radius 3 is 0.893 bits per heavy atom. The van der Waals surface area contributed by atoms with E-state index < -0.39 is 7.26 Å². The molecule has 0 bridgehead atoms. The second-order valence-electron chi connectivity index (χ2n) is 9.45. The SMILES string of the molecule is Br.CCCCCCCCCCCCCC[PH](CCCC)(CCCC)CCCC. The molecule has 0 amide bonds. The molecule has 0 aromatic rings. The molecule has 0 aliphatic heterocycles. The Labute approximate surface area is 191 Å². The van der Waals surface area contributed by atoms with Crippen molar-refractivity contribution in [2.45, 2.75) is 143 Å². The maximum absolute atomic E-state index is 2.39. The Bertz CT molecular complexity index is 258. The van der Waals surface area contributed by atoms with Crippen LogP contribution in [-0.2, 0) is 0 Å². The van der Waals surface area contributed by atoms with Crippen LogP contribution in [0.15, 0.2) is 0 Å². The number of halogens is 1. The third-order valence-electron chi connectivity index (χ3n) is 6.74. The van der Waals surface area contributed by atoms with Crippen molar-refractivity contribution in [3.8, 4) is 0 Å². The van der Waals surface area contributed by atoms with Crippen molar-refractivity contribution >= 4 is 24.2 Å². The molecular weight excluding hydrogens is 423 g/mol. The topological polar surface area (TPSA) is 0 Å². The predicted octanol–water partition coefficient (Wildman–Crippen LogP) is 10.4. The van der Waals surface area contributed by atoms with Crippen molar-refractivity contribution in [2.24, 2.45) is 0 Å². The van der Waals surface area contributed by atoms with Gasteiger partial charge in [0, 0.05) is 0 Å². The van der Waals surface area contributed by atoms with E-state index in [1.807, 2.05) is 0 Å². The molecule has 0 heterocycles. The van der Waals surface area contributed by atoms with Crippen molar-refractivity contribution in [2.75, 3.05) is 24.6 Å². The third kappa shape index (κ3) is 18.9. The Kier molecular flexibility index (Phi) is 26.9. The monoisotopic (exact) mass is 480 g/mol. The Balaban J connectivity index is 0. The van der Waals surface area contributed by atoms with Gasteiger partial charge in [0.1, 0.15) is 0 Å². The summed E-state index contributed by atoms with van der Waals surface area (Å²) in [4.78, 5) is 0. The quantitative estimate of drug-likeness (QED) is 0.107. The number of hydrogen-bond acceptors (Lipinski definition) is 0. The standard InChI is InChI=1S/C26H57P.BrH/c1-5-9-13-14-15-16-17-18-19-20-21-22-26-27(23-10-6-2,24-11-7-3)25-12-8-4;/h27H,5-26H2,1-4H3;1H. The summed E-state index contributed by atoms with van der Waals surface area (Å²) in [6.45, 7) is 9.48. The van der Waals surface area contributed by atoms with Crippen LogP contribution in [0.2, 0.25) is 0 Å². The third-order valence-corrected chi connectivity index (χ3v) is 12.4. The van der Waals surface area contributed by atoms with E-state index in [-0.39, 0.29) is 17.0 Å². The fraction of sp³-hybridized carbons (Fsp3) is 1.00. The molecule has 0 nitrogen and oxygen atoms in total. The van der Waals surface area contributed by atoms with E-state index >= 15 is 0 Å². The summed E-state index contributed by atoms with van der Waals surface area (Å²) in [7, 11) is -0.956. The normalized spacial score (nSPS) is 12.1. The summed E-state index contributed by atoms with van der Waals surface area (Å²) in [5.41, 5.74) is 0. The van der Waals surface area contributed by atoms with E-state index in [9.17, 15) is 0 Å². The van der Waals surface area contributed by atoms with E-state index in [1.165, 1.54) is 109 Å². The Morgan fingerprint density at radius 2 is 0.571 bits per heavy atom. The van der Waals surface area contributed by atoms with Gasteiger partial charge in [0.2, 0.25) is 0 Å². The summed E-state index contributed by atoms with van der Waals surface area (Å²) in [5.74, 6) is 0. The average molecular weight is 482 g/mol.